The van der Waals surface area contributed by atoms with E-state index in [1.54, 1.807) is 0 Å². The summed E-state index contributed by atoms with van der Waals surface area (Å²) in [7, 11) is 0. The molecule has 2 nitrogen and oxygen atoms in total. The third-order valence-corrected chi connectivity index (χ3v) is 4.33. The Kier molecular flexibility index (Phi) is 3.10. The largest absolute Gasteiger partial charge is 0.384 e. The molecule has 1 N–H and O–H groups in total. The summed E-state index contributed by atoms with van der Waals surface area (Å²) in [4.78, 5) is 13.2. The van der Waals surface area contributed by atoms with Crippen LogP contribution in [0.4, 0.5) is 5.69 Å². The molecule has 0 saturated heterocycles. The summed E-state index contributed by atoms with van der Waals surface area (Å²) in [6, 6.07) is 9.65. The highest BCUT2D eigenvalue weighted by Crippen LogP contribution is 2.25. The number of rotatable bonds is 3. The molecule has 0 amide bonds. The predicted octanol–water partition coefficient (Wildman–Crippen LogP) is 3.79. The molecule has 1 aliphatic heterocycles. The van der Waals surface area contributed by atoms with Gasteiger partial charge in [0, 0.05) is 29.1 Å². The minimum Gasteiger partial charge on any atom is -0.384 e. The van der Waals surface area contributed by atoms with Crippen LogP contribution in [0.3, 0.4) is 0 Å². The number of hydrogen-bond acceptors (Lipinski definition) is 3. The first-order valence-corrected chi connectivity index (χ1v) is 7.06. The second-order valence-electron chi connectivity index (χ2n) is 4.35. The highest BCUT2D eigenvalue weighted by Gasteiger charge is 2.14. The van der Waals surface area contributed by atoms with Gasteiger partial charge in [-0.25, -0.2) is 0 Å². The first-order chi connectivity index (χ1) is 8.72. The second-order valence-corrected chi connectivity index (χ2v) is 6.15. The molecule has 1 aliphatic rings. The van der Waals surface area contributed by atoms with Crippen LogP contribution in [0.5, 0.6) is 0 Å². The van der Waals surface area contributed by atoms with Crippen molar-refractivity contribution in [2.75, 3.05) is 11.9 Å². The van der Waals surface area contributed by atoms with Gasteiger partial charge in [0.15, 0.2) is 5.78 Å². The van der Waals surface area contributed by atoms with Gasteiger partial charge in [0.05, 0.1) is 4.34 Å². The Bertz CT molecular complexity index is 606. The Balaban J connectivity index is 1.80. The predicted molar refractivity (Wildman–Crippen MR) is 76.0 cm³/mol. The third kappa shape index (κ3) is 2.28. The standard InChI is InChI=1S/C14H12ClNOS/c15-14-4-2-11(18-14)8-13(17)10-1-3-12-9(7-10)5-6-16-12/h1-4,7,16H,5-6,8H2. The topological polar surface area (TPSA) is 29.1 Å². The van der Waals surface area contributed by atoms with Gasteiger partial charge in [0.1, 0.15) is 0 Å². The average molecular weight is 278 g/mol. The van der Waals surface area contributed by atoms with Crippen molar-refractivity contribution in [3.63, 3.8) is 0 Å². The molecule has 1 aromatic heterocycles. The Hall–Kier alpha value is -1.32. The van der Waals surface area contributed by atoms with Crippen LogP contribution in [0.1, 0.15) is 20.8 Å². The van der Waals surface area contributed by atoms with E-state index in [2.05, 4.69) is 5.32 Å². The monoisotopic (exact) mass is 277 g/mol. The first-order valence-electron chi connectivity index (χ1n) is 5.86. The molecular formula is C14H12ClNOS. The highest BCUT2D eigenvalue weighted by atomic mass is 35.5. The van der Waals surface area contributed by atoms with Crippen LogP contribution in [0.2, 0.25) is 4.34 Å². The van der Waals surface area contributed by atoms with Crippen molar-refractivity contribution >= 4 is 34.4 Å². The summed E-state index contributed by atoms with van der Waals surface area (Å²) >= 11 is 7.33. The molecular weight excluding hydrogens is 266 g/mol. The van der Waals surface area contributed by atoms with Crippen molar-refractivity contribution < 1.29 is 4.79 Å². The summed E-state index contributed by atoms with van der Waals surface area (Å²) in [5.41, 5.74) is 3.19. The maximum absolute atomic E-state index is 12.2. The average Bonchev–Trinajstić information content (AvgIpc) is 2.96. The number of benzene rings is 1. The Morgan fingerprint density at radius 1 is 1.33 bits per heavy atom. The normalized spacial score (nSPS) is 13.2. The first kappa shape index (κ1) is 11.8. The van der Waals surface area contributed by atoms with Crippen LogP contribution in [0, 0.1) is 0 Å². The molecule has 0 saturated carbocycles. The number of Topliss-reactive ketones (excluding diaryl/α,β-unsaturated/α-hetero) is 1. The quantitative estimate of drug-likeness (QED) is 0.865. The molecule has 1 aromatic carbocycles. The zero-order chi connectivity index (χ0) is 12.5. The summed E-state index contributed by atoms with van der Waals surface area (Å²) in [6.45, 7) is 0.966. The molecule has 18 heavy (non-hydrogen) atoms. The van der Waals surface area contributed by atoms with E-state index in [9.17, 15) is 4.79 Å². The van der Waals surface area contributed by atoms with Crippen molar-refractivity contribution in [1.29, 1.82) is 0 Å². The molecule has 3 rings (SSSR count). The van der Waals surface area contributed by atoms with Crippen molar-refractivity contribution in [2.45, 2.75) is 12.8 Å². The van der Waals surface area contributed by atoms with E-state index in [1.165, 1.54) is 16.9 Å². The highest BCUT2D eigenvalue weighted by molar-refractivity contribution is 7.16. The van der Waals surface area contributed by atoms with Crippen molar-refractivity contribution in [3.05, 3.63) is 50.7 Å². The smallest absolute Gasteiger partial charge is 0.168 e. The van der Waals surface area contributed by atoms with Gasteiger partial charge < -0.3 is 5.32 Å². The van der Waals surface area contributed by atoms with Gasteiger partial charge in [-0.3, -0.25) is 4.79 Å². The molecule has 0 spiro atoms. The minimum atomic E-state index is 0.156. The van der Waals surface area contributed by atoms with Crippen LogP contribution in [0.15, 0.2) is 30.3 Å². The fraction of sp³-hybridized carbons (Fsp3) is 0.214. The van der Waals surface area contributed by atoms with E-state index in [0.717, 1.165) is 33.4 Å². The van der Waals surface area contributed by atoms with Gasteiger partial charge in [-0.05, 0) is 42.3 Å². The maximum atomic E-state index is 12.2. The van der Waals surface area contributed by atoms with Crippen LogP contribution in [-0.2, 0) is 12.8 Å². The van der Waals surface area contributed by atoms with Gasteiger partial charge in [0.25, 0.3) is 0 Å². The number of nitrogens with one attached hydrogen (secondary N) is 1. The van der Waals surface area contributed by atoms with Crippen molar-refractivity contribution in [3.8, 4) is 0 Å². The van der Waals surface area contributed by atoms with Crippen LogP contribution < -0.4 is 5.32 Å². The molecule has 0 atom stereocenters. The molecule has 0 aliphatic carbocycles. The Morgan fingerprint density at radius 3 is 3.00 bits per heavy atom. The number of halogens is 1. The van der Waals surface area contributed by atoms with E-state index in [4.69, 9.17) is 11.6 Å². The lowest BCUT2D eigenvalue weighted by atomic mass is 10.0. The lowest BCUT2D eigenvalue weighted by Crippen LogP contribution is -2.02. The molecule has 0 unspecified atom stereocenters. The van der Waals surface area contributed by atoms with E-state index in [0.29, 0.717) is 6.42 Å². The van der Waals surface area contributed by atoms with E-state index in [1.807, 2.05) is 30.3 Å². The van der Waals surface area contributed by atoms with Crippen LogP contribution in [0.25, 0.3) is 0 Å². The van der Waals surface area contributed by atoms with Gasteiger partial charge in [-0.2, -0.15) is 0 Å². The number of thiophene rings is 1. The molecule has 2 heterocycles. The summed E-state index contributed by atoms with van der Waals surface area (Å²) in [5.74, 6) is 0.156. The van der Waals surface area contributed by atoms with Gasteiger partial charge in [0.2, 0.25) is 0 Å². The number of hydrogen-bond donors (Lipinski definition) is 1. The number of anilines is 1. The zero-order valence-electron chi connectivity index (χ0n) is 9.70. The minimum absolute atomic E-state index is 0.156. The van der Waals surface area contributed by atoms with Gasteiger partial charge in [-0.15, -0.1) is 11.3 Å². The van der Waals surface area contributed by atoms with E-state index >= 15 is 0 Å². The Labute approximate surface area is 115 Å². The van der Waals surface area contributed by atoms with E-state index in [-0.39, 0.29) is 5.78 Å². The van der Waals surface area contributed by atoms with Gasteiger partial charge in [-0.1, -0.05) is 11.6 Å². The zero-order valence-corrected chi connectivity index (χ0v) is 11.3. The van der Waals surface area contributed by atoms with E-state index < -0.39 is 0 Å². The lowest BCUT2D eigenvalue weighted by molar-refractivity contribution is 0.0994. The molecule has 4 heteroatoms. The number of fused-ring (bicyclic) bond motifs is 1. The molecule has 2 aromatic rings. The SMILES string of the molecule is O=C(Cc1ccc(Cl)s1)c1ccc2c(c1)CCN2. The van der Waals surface area contributed by atoms with Crippen molar-refractivity contribution in [2.24, 2.45) is 0 Å². The van der Waals surface area contributed by atoms with Gasteiger partial charge >= 0.3 is 0 Å². The molecule has 0 radical (unpaired) electrons. The number of carbonyl (C=O) groups excluding carboxylic acids is 1. The van der Waals surface area contributed by atoms with Crippen LogP contribution >= 0.6 is 22.9 Å². The fourth-order valence-corrected chi connectivity index (χ4v) is 3.27. The summed E-state index contributed by atoms with van der Waals surface area (Å²) in [6.07, 6.45) is 1.44. The number of carbonyl (C=O) groups is 1. The summed E-state index contributed by atoms with van der Waals surface area (Å²) in [5, 5.41) is 3.29. The summed E-state index contributed by atoms with van der Waals surface area (Å²) < 4.78 is 0.732. The second kappa shape index (κ2) is 4.75. The maximum Gasteiger partial charge on any atom is 0.168 e. The molecule has 92 valence electrons. The van der Waals surface area contributed by atoms with Crippen molar-refractivity contribution in [1.82, 2.24) is 0 Å². The van der Waals surface area contributed by atoms with Crippen LogP contribution in [-0.4, -0.2) is 12.3 Å². The third-order valence-electron chi connectivity index (χ3n) is 3.10. The molecule has 0 bridgehead atoms. The number of ketones is 1. The molecule has 0 fully saturated rings. The Morgan fingerprint density at radius 2 is 2.22 bits per heavy atom. The fourth-order valence-electron chi connectivity index (χ4n) is 2.19. The lowest BCUT2D eigenvalue weighted by Gasteiger charge is -2.03.